The smallest absolute Gasteiger partial charge is 0.253 e. The van der Waals surface area contributed by atoms with Gasteiger partial charge in [0.1, 0.15) is 0 Å². The zero-order chi connectivity index (χ0) is 13.1. The lowest BCUT2D eigenvalue weighted by atomic mass is 9.90. The van der Waals surface area contributed by atoms with Crippen molar-refractivity contribution in [3.05, 3.63) is 29.8 Å². The Morgan fingerprint density at radius 2 is 2.05 bits per heavy atom. The highest BCUT2D eigenvalue weighted by Gasteiger charge is 2.26. The Balaban J connectivity index is 1.78. The van der Waals surface area contributed by atoms with Crippen LogP contribution in [0.1, 0.15) is 24.8 Å². The number of carbonyl (C=O) groups excluding carboxylic acids is 1. The van der Waals surface area contributed by atoms with Crippen molar-refractivity contribution >= 4 is 11.6 Å². The summed E-state index contributed by atoms with van der Waals surface area (Å²) in [4.78, 5) is 17.3. The number of carbonyl (C=O) groups is 1. The highest BCUT2D eigenvalue weighted by Crippen LogP contribution is 2.28. The molecule has 0 atom stereocenters. The van der Waals surface area contributed by atoms with E-state index >= 15 is 0 Å². The summed E-state index contributed by atoms with van der Waals surface area (Å²) in [5, 5.41) is 4.87. The van der Waals surface area contributed by atoms with Crippen molar-refractivity contribution < 1.29 is 9.63 Å². The van der Waals surface area contributed by atoms with Crippen molar-refractivity contribution in [3.8, 4) is 0 Å². The highest BCUT2D eigenvalue weighted by molar-refractivity contribution is 5.93. The summed E-state index contributed by atoms with van der Waals surface area (Å²) in [6.07, 6.45) is 3.94. The predicted octanol–water partition coefficient (Wildman–Crippen LogP) is 1.90. The van der Waals surface area contributed by atoms with Crippen LogP contribution in [0, 0.1) is 5.92 Å². The second-order valence-corrected chi connectivity index (χ2v) is 5.30. The molecule has 1 amide bonds. The number of hydrogen-bond acceptors (Lipinski definition) is 3. The molecule has 1 aromatic rings. The first-order valence-electron chi connectivity index (χ1n) is 7.09. The fourth-order valence-electron chi connectivity index (χ4n) is 2.88. The van der Waals surface area contributed by atoms with Crippen molar-refractivity contribution in [2.24, 2.45) is 5.92 Å². The van der Waals surface area contributed by atoms with Crippen molar-refractivity contribution in [1.82, 2.24) is 5.32 Å². The third-order valence-corrected chi connectivity index (χ3v) is 3.94. The van der Waals surface area contributed by atoms with Crippen LogP contribution < -0.4 is 10.4 Å². The first-order chi connectivity index (χ1) is 9.34. The number of hydrogen-bond donors (Lipinski definition) is 1. The molecule has 19 heavy (non-hydrogen) atoms. The van der Waals surface area contributed by atoms with Gasteiger partial charge in [-0.1, -0.05) is 18.2 Å². The molecule has 0 bridgehead atoms. The maximum atomic E-state index is 11.8. The molecule has 1 aromatic carbocycles. The average molecular weight is 260 g/mol. The van der Waals surface area contributed by atoms with E-state index in [0.717, 1.165) is 25.2 Å². The van der Waals surface area contributed by atoms with Crippen LogP contribution in [0.25, 0.3) is 0 Å². The van der Waals surface area contributed by atoms with Crippen LogP contribution in [-0.4, -0.2) is 25.6 Å². The minimum absolute atomic E-state index is 0.0674. The first kappa shape index (κ1) is 12.6. The predicted molar refractivity (Wildman–Crippen MR) is 73.8 cm³/mol. The average Bonchev–Trinajstić information content (AvgIpc) is 2.87. The van der Waals surface area contributed by atoms with E-state index in [-0.39, 0.29) is 5.91 Å². The molecular weight excluding hydrogens is 240 g/mol. The Morgan fingerprint density at radius 3 is 2.79 bits per heavy atom. The minimum Gasteiger partial charge on any atom is -0.317 e. The summed E-state index contributed by atoms with van der Waals surface area (Å²) in [5.74, 6) is 0.776. The third kappa shape index (κ3) is 2.80. The van der Waals surface area contributed by atoms with Gasteiger partial charge in [0.05, 0.1) is 18.7 Å². The first-order valence-corrected chi connectivity index (χ1v) is 7.09. The lowest BCUT2D eigenvalue weighted by molar-refractivity contribution is -0.119. The number of nitrogens with zero attached hydrogens (tertiary/aromatic N) is 1. The summed E-state index contributed by atoms with van der Waals surface area (Å²) in [6, 6.07) is 8.11. The number of piperidine rings is 1. The number of rotatable bonds is 3. The molecule has 4 nitrogen and oxygen atoms in total. The van der Waals surface area contributed by atoms with E-state index in [1.54, 1.807) is 0 Å². The molecule has 0 aliphatic carbocycles. The lowest BCUT2D eigenvalue weighted by Gasteiger charge is -2.25. The van der Waals surface area contributed by atoms with Crippen LogP contribution in [0.3, 0.4) is 0 Å². The quantitative estimate of drug-likeness (QED) is 0.902. The fraction of sp³-hybridized carbons (Fsp3) is 0.533. The molecule has 4 heteroatoms. The van der Waals surface area contributed by atoms with Gasteiger partial charge in [0.2, 0.25) is 0 Å². The molecule has 0 saturated carbocycles. The monoisotopic (exact) mass is 260 g/mol. The number of anilines is 1. The van der Waals surface area contributed by atoms with E-state index < -0.39 is 0 Å². The van der Waals surface area contributed by atoms with Crippen LogP contribution in [0.5, 0.6) is 0 Å². The zero-order valence-corrected chi connectivity index (χ0v) is 11.1. The molecule has 2 aliphatic heterocycles. The van der Waals surface area contributed by atoms with Gasteiger partial charge in [0.15, 0.2) is 0 Å². The Kier molecular flexibility index (Phi) is 3.80. The SMILES string of the molecule is O=C1CCON1c1ccccc1CC1CCNCC1. The standard InChI is InChI=1S/C15H20N2O2/c18-15-7-10-19-17(15)14-4-2-1-3-13(14)11-12-5-8-16-9-6-12/h1-4,12,16H,5-11H2. The van der Waals surface area contributed by atoms with E-state index in [1.165, 1.54) is 23.5 Å². The van der Waals surface area contributed by atoms with Crippen molar-refractivity contribution in [3.63, 3.8) is 0 Å². The molecule has 0 unspecified atom stereocenters. The maximum absolute atomic E-state index is 11.8. The maximum Gasteiger partial charge on any atom is 0.253 e. The summed E-state index contributed by atoms with van der Waals surface area (Å²) in [7, 11) is 0. The van der Waals surface area contributed by atoms with Gasteiger partial charge in [-0.25, -0.2) is 0 Å². The molecular formula is C15H20N2O2. The zero-order valence-electron chi connectivity index (χ0n) is 11.1. The Morgan fingerprint density at radius 1 is 1.26 bits per heavy atom. The Labute approximate surface area is 113 Å². The molecule has 0 spiro atoms. The van der Waals surface area contributed by atoms with Crippen LogP contribution in [0.15, 0.2) is 24.3 Å². The summed E-state index contributed by atoms with van der Waals surface area (Å²) < 4.78 is 0. The number of para-hydroxylation sites is 1. The highest BCUT2D eigenvalue weighted by atomic mass is 16.7. The number of hydroxylamine groups is 1. The van der Waals surface area contributed by atoms with Gasteiger partial charge in [-0.2, -0.15) is 5.06 Å². The van der Waals surface area contributed by atoms with Gasteiger partial charge in [-0.3, -0.25) is 9.63 Å². The van der Waals surface area contributed by atoms with E-state index in [1.807, 2.05) is 18.2 Å². The van der Waals surface area contributed by atoms with Crippen LogP contribution in [0.2, 0.25) is 0 Å². The van der Waals surface area contributed by atoms with Gasteiger partial charge >= 0.3 is 0 Å². The van der Waals surface area contributed by atoms with E-state index in [4.69, 9.17) is 4.84 Å². The second-order valence-electron chi connectivity index (χ2n) is 5.30. The van der Waals surface area contributed by atoms with Crippen molar-refractivity contribution in [2.75, 3.05) is 24.8 Å². The van der Waals surface area contributed by atoms with Gasteiger partial charge in [0.25, 0.3) is 5.91 Å². The van der Waals surface area contributed by atoms with Gasteiger partial charge in [-0.05, 0) is 49.9 Å². The van der Waals surface area contributed by atoms with Crippen molar-refractivity contribution in [2.45, 2.75) is 25.7 Å². The number of nitrogens with one attached hydrogen (secondary N) is 1. The summed E-state index contributed by atoms with van der Waals surface area (Å²) >= 11 is 0. The van der Waals surface area contributed by atoms with E-state index in [0.29, 0.717) is 18.9 Å². The van der Waals surface area contributed by atoms with E-state index in [2.05, 4.69) is 11.4 Å². The minimum atomic E-state index is 0.0674. The lowest BCUT2D eigenvalue weighted by Crippen LogP contribution is -2.29. The molecule has 2 aliphatic rings. The fourth-order valence-corrected chi connectivity index (χ4v) is 2.88. The number of amides is 1. The molecule has 3 rings (SSSR count). The third-order valence-electron chi connectivity index (χ3n) is 3.94. The number of benzene rings is 1. The van der Waals surface area contributed by atoms with Crippen molar-refractivity contribution in [1.29, 1.82) is 0 Å². The Hall–Kier alpha value is -1.39. The van der Waals surface area contributed by atoms with E-state index in [9.17, 15) is 4.79 Å². The molecule has 2 fully saturated rings. The van der Waals surface area contributed by atoms with Gasteiger partial charge in [0, 0.05) is 0 Å². The molecule has 1 N–H and O–H groups in total. The van der Waals surface area contributed by atoms with Crippen LogP contribution >= 0.6 is 0 Å². The molecule has 0 radical (unpaired) electrons. The Bertz CT molecular complexity index is 455. The van der Waals surface area contributed by atoms with Crippen LogP contribution in [-0.2, 0) is 16.1 Å². The van der Waals surface area contributed by atoms with Gasteiger partial charge < -0.3 is 5.32 Å². The van der Waals surface area contributed by atoms with Crippen LogP contribution in [0.4, 0.5) is 5.69 Å². The largest absolute Gasteiger partial charge is 0.317 e. The molecule has 102 valence electrons. The van der Waals surface area contributed by atoms with Gasteiger partial charge in [-0.15, -0.1) is 0 Å². The summed E-state index contributed by atoms with van der Waals surface area (Å²) in [6.45, 7) is 2.71. The summed E-state index contributed by atoms with van der Waals surface area (Å²) in [5.41, 5.74) is 2.16. The molecule has 0 aromatic heterocycles. The molecule has 2 heterocycles. The topological polar surface area (TPSA) is 41.6 Å². The second kappa shape index (κ2) is 5.72. The molecule has 2 saturated heterocycles. The normalized spacial score (nSPS) is 21.1.